The molecule has 0 aliphatic rings. The molecule has 0 atom stereocenters. The van der Waals surface area contributed by atoms with E-state index in [1.807, 2.05) is 0 Å². The van der Waals surface area contributed by atoms with E-state index in [4.69, 9.17) is 9.59 Å². The number of carbonyl (C=O) groups excluding carboxylic acids is 2. The zero-order valence-corrected chi connectivity index (χ0v) is 16.9. The molecular weight excluding hydrogens is 549 g/mol. The molecule has 0 spiro atoms. The number of aldehydes is 2. The van der Waals surface area contributed by atoms with Crippen LogP contribution in [-0.4, -0.2) is 86.2 Å². The molecule has 27 heavy (non-hydrogen) atoms. The summed E-state index contributed by atoms with van der Waals surface area (Å²) in [6, 6.07) is 0. The van der Waals surface area contributed by atoms with Gasteiger partial charge in [-0.15, -0.1) is 13.2 Å². The van der Waals surface area contributed by atoms with E-state index in [0.717, 1.165) is 0 Å². The summed E-state index contributed by atoms with van der Waals surface area (Å²) in [5.41, 5.74) is 0. The minimum atomic E-state index is -4.75. The standard InChI is InChI=1S/2C3H3F3O.2C2HF3O.Ba/c2*1-2(7)3(4,5)6;2*3-2(4,5)1-6;/h2*7H,1H2;2*1H;/q;;;;+2/p-2. The summed E-state index contributed by atoms with van der Waals surface area (Å²) >= 11 is 0. The Balaban J connectivity index is -0.0000000789. The Bertz CT molecular complexity index is 405. The molecule has 4 nitrogen and oxygen atoms in total. The van der Waals surface area contributed by atoms with Gasteiger partial charge >= 0.3 is 73.6 Å². The van der Waals surface area contributed by atoms with Crippen molar-refractivity contribution >= 4 is 61.5 Å². The zero-order valence-electron chi connectivity index (χ0n) is 12.4. The molecule has 0 aromatic heterocycles. The Labute approximate surface area is 182 Å². The maximum absolute atomic E-state index is 10.8. The van der Waals surface area contributed by atoms with Crippen molar-refractivity contribution in [1.82, 2.24) is 0 Å². The van der Waals surface area contributed by atoms with Gasteiger partial charge in [-0.05, 0) is 11.5 Å². The number of alkyl halides is 12. The largest absolute Gasteiger partial charge is 2.00 e. The van der Waals surface area contributed by atoms with Crippen molar-refractivity contribution in [2.75, 3.05) is 0 Å². The van der Waals surface area contributed by atoms with Gasteiger partial charge in [0.2, 0.25) is 12.6 Å². The average molecular weight is 555 g/mol. The summed E-state index contributed by atoms with van der Waals surface area (Å²) in [4.78, 5) is 17.4. The maximum Gasteiger partial charge on any atom is 2.00 e. The van der Waals surface area contributed by atoms with Gasteiger partial charge in [-0.1, -0.05) is 0 Å². The smallest absolute Gasteiger partial charge is 0.870 e. The van der Waals surface area contributed by atoms with Gasteiger partial charge < -0.3 is 10.2 Å². The summed E-state index contributed by atoms with van der Waals surface area (Å²) in [5.74, 6) is -4.01. The predicted octanol–water partition coefficient (Wildman–Crippen LogP) is 1.96. The van der Waals surface area contributed by atoms with Crippen LogP contribution < -0.4 is 10.2 Å². The average Bonchev–Trinajstić information content (AvgIpc) is 2.37. The van der Waals surface area contributed by atoms with E-state index in [2.05, 4.69) is 13.2 Å². The van der Waals surface area contributed by atoms with Gasteiger partial charge in [-0.3, -0.25) is 9.59 Å². The Hall–Kier alpha value is -0.849. The molecule has 0 rings (SSSR count). The van der Waals surface area contributed by atoms with E-state index >= 15 is 0 Å². The SMILES string of the molecule is C=C([O-])C(F)(F)F.C=C([O-])C(F)(F)F.O=CC(F)(F)F.O=CC(F)(F)F.[Ba+2]. The molecule has 0 saturated carbocycles. The fourth-order valence-electron chi connectivity index (χ4n) is 0. The van der Waals surface area contributed by atoms with Gasteiger partial charge in [0.05, 0.1) is 0 Å². The second-order valence-electron chi connectivity index (χ2n) is 3.16. The van der Waals surface area contributed by atoms with Gasteiger partial charge in [0.1, 0.15) is 0 Å². The van der Waals surface area contributed by atoms with Gasteiger partial charge in [-0.2, -0.15) is 52.7 Å². The van der Waals surface area contributed by atoms with Gasteiger partial charge in [0.25, 0.3) is 0 Å². The number of allylic oxidation sites excluding steroid dienone is 2. The molecule has 0 fully saturated rings. The molecule has 0 aromatic rings. The molecule has 0 aliphatic heterocycles. The minimum absolute atomic E-state index is 0. The van der Waals surface area contributed by atoms with Crippen molar-refractivity contribution in [2.24, 2.45) is 0 Å². The third kappa shape index (κ3) is 45.8. The Morgan fingerprint density at radius 3 is 0.667 bits per heavy atom. The molecule has 0 radical (unpaired) electrons. The van der Waals surface area contributed by atoms with Crippen LogP contribution in [-0.2, 0) is 9.59 Å². The quantitative estimate of drug-likeness (QED) is 0.198. The van der Waals surface area contributed by atoms with Crippen molar-refractivity contribution in [3.8, 4) is 0 Å². The molecule has 0 aliphatic carbocycles. The minimum Gasteiger partial charge on any atom is -0.870 e. The van der Waals surface area contributed by atoms with E-state index in [1.165, 1.54) is 0 Å². The fourth-order valence-corrected chi connectivity index (χ4v) is 0. The predicted molar refractivity (Wildman–Crippen MR) is 60.4 cm³/mol. The van der Waals surface area contributed by atoms with Crippen LogP contribution >= 0.6 is 0 Å². The van der Waals surface area contributed by atoms with Crippen LogP contribution in [0.1, 0.15) is 0 Å². The van der Waals surface area contributed by atoms with Gasteiger partial charge in [-0.25, -0.2) is 0 Å². The summed E-state index contributed by atoms with van der Waals surface area (Å²) in [5, 5.41) is 18.5. The summed E-state index contributed by atoms with van der Waals surface area (Å²) < 4.78 is 127. The van der Waals surface area contributed by atoms with Crippen LogP contribution in [0.25, 0.3) is 0 Å². The second-order valence-corrected chi connectivity index (χ2v) is 3.16. The van der Waals surface area contributed by atoms with E-state index in [1.54, 1.807) is 0 Å². The summed E-state index contributed by atoms with van der Waals surface area (Å²) in [6.07, 6.45) is -20.9. The molecule has 156 valence electrons. The number of rotatable bonds is 0. The molecule has 0 amide bonds. The van der Waals surface area contributed by atoms with Crippen molar-refractivity contribution in [1.29, 1.82) is 0 Å². The van der Waals surface area contributed by atoms with Crippen molar-refractivity contribution in [3.63, 3.8) is 0 Å². The number of carbonyl (C=O) groups is 2. The first-order chi connectivity index (χ1) is 11.0. The van der Waals surface area contributed by atoms with E-state index in [-0.39, 0.29) is 48.9 Å². The van der Waals surface area contributed by atoms with E-state index in [0.29, 0.717) is 0 Å². The molecule has 0 unspecified atom stereocenters. The normalized spacial score (nSPS) is 10.8. The number of hydrogen-bond acceptors (Lipinski definition) is 4. The van der Waals surface area contributed by atoms with Crippen LogP contribution in [0.2, 0.25) is 0 Å². The molecule has 0 N–H and O–H groups in total. The zero-order chi connectivity index (χ0) is 22.6. The van der Waals surface area contributed by atoms with Gasteiger partial charge in [0, 0.05) is 0 Å². The second kappa shape index (κ2) is 15.1. The van der Waals surface area contributed by atoms with Crippen LogP contribution in [0.15, 0.2) is 24.7 Å². The monoisotopic (exact) mass is 556 g/mol. The summed E-state index contributed by atoms with van der Waals surface area (Å²) in [6.45, 7) is 4.29. The third-order valence-corrected chi connectivity index (χ3v) is 0.900. The van der Waals surface area contributed by atoms with Crippen molar-refractivity contribution in [2.45, 2.75) is 24.7 Å². The first-order valence-corrected chi connectivity index (χ1v) is 4.93. The number of halogens is 12. The number of hydrogen-bond donors (Lipinski definition) is 0. The maximum atomic E-state index is 10.8. The Morgan fingerprint density at radius 1 is 0.593 bits per heavy atom. The molecule has 0 heterocycles. The fraction of sp³-hybridized carbons (Fsp3) is 0.400. The molecular formula is C10H6BaF12O4. The van der Waals surface area contributed by atoms with E-state index in [9.17, 15) is 62.9 Å². The Morgan fingerprint density at radius 2 is 0.667 bits per heavy atom. The molecule has 0 saturated heterocycles. The van der Waals surface area contributed by atoms with Crippen LogP contribution in [0.3, 0.4) is 0 Å². The molecule has 17 heteroatoms. The van der Waals surface area contributed by atoms with Crippen LogP contribution in [0.4, 0.5) is 52.7 Å². The molecule has 0 bridgehead atoms. The third-order valence-electron chi connectivity index (χ3n) is 0.900. The van der Waals surface area contributed by atoms with Crippen molar-refractivity contribution < 1.29 is 72.5 Å². The van der Waals surface area contributed by atoms with Crippen LogP contribution in [0.5, 0.6) is 0 Å². The summed E-state index contributed by atoms with van der Waals surface area (Å²) in [7, 11) is 0. The topological polar surface area (TPSA) is 80.3 Å². The Kier molecular flexibility index (Phi) is 20.7. The van der Waals surface area contributed by atoms with Crippen molar-refractivity contribution in [3.05, 3.63) is 24.7 Å². The van der Waals surface area contributed by atoms with Crippen LogP contribution in [0, 0.1) is 0 Å². The first-order valence-electron chi connectivity index (χ1n) is 4.93. The van der Waals surface area contributed by atoms with E-state index < -0.39 is 48.8 Å². The van der Waals surface area contributed by atoms with Gasteiger partial charge in [0.15, 0.2) is 0 Å². The molecule has 0 aromatic carbocycles. The first kappa shape index (κ1) is 37.0.